The van der Waals surface area contributed by atoms with Crippen LogP contribution in [-0.4, -0.2) is 37.0 Å². The smallest absolute Gasteiger partial charge is 0.0771 e. The summed E-state index contributed by atoms with van der Waals surface area (Å²) in [6.07, 6.45) is 6.72. The minimum Gasteiger partial charge on any atom is -0.389 e. The van der Waals surface area contributed by atoms with Crippen LogP contribution in [0, 0.1) is 11.8 Å². The molecule has 2 fully saturated rings. The molecule has 1 saturated heterocycles. The summed E-state index contributed by atoms with van der Waals surface area (Å²) in [5.74, 6) is 1.44. The maximum Gasteiger partial charge on any atom is 0.0771 e. The van der Waals surface area contributed by atoms with Crippen molar-refractivity contribution in [3.05, 3.63) is 0 Å². The first kappa shape index (κ1) is 13.3. The van der Waals surface area contributed by atoms with E-state index in [-0.39, 0.29) is 0 Å². The third kappa shape index (κ3) is 4.23. The molecule has 3 nitrogen and oxygen atoms in total. The summed E-state index contributed by atoms with van der Waals surface area (Å²) < 4.78 is 5.46. The van der Waals surface area contributed by atoms with Crippen molar-refractivity contribution in [3.8, 4) is 0 Å². The number of nitrogens with one attached hydrogen (secondary N) is 1. The first-order valence-corrected chi connectivity index (χ1v) is 7.19. The van der Waals surface area contributed by atoms with E-state index < -0.39 is 5.60 Å². The van der Waals surface area contributed by atoms with Gasteiger partial charge in [-0.05, 0) is 50.4 Å². The van der Waals surface area contributed by atoms with Crippen molar-refractivity contribution < 1.29 is 9.84 Å². The minimum atomic E-state index is -0.442. The van der Waals surface area contributed by atoms with Crippen molar-refractivity contribution in [1.29, 1.82) is 0 Å². The van der Waals surface area contributed by atoms with Gasteiger partial charge in [-0.3, -0.25) is 0 Å². The highest BCUT2D eigenvalue weighted by molar-refractivity contribution is 4.86. The molecule has 0 aromatic heterocycles. The van der Waals surface area contributed by atoms with Gasteiger partial charge in [-0.2, -0.15) is 0 Å². The zero-order valence-corrected chi connectivity index (χ0v) is 11.1. The van der Waals surface area contributed by atoms with E-state index in [0.29, 0.717) is 5.92 Å². The van der Waals surface area contributed by atoms with Gasteiger partial charge >= 0.3 is 0 Å². The summed E-state index contributed by atoms with van der Waals surface area (Å²) in [5, 5.41) is 13.9. The van der Waals surface area contributed by atoms with Crippen LogP contribution in [0.15, 0.2) is 0 Å². The molecule has 1 aliphatic carbocycles. The molecule has 0 amide bonds. The molecule has 17 heavy (non-hydrogen) atoms. The largest absolute Gasteiger partial charge is 0.389 e. The van der Waals surface area contributed by atoms with Gasteiger partial charge in [0.2, 0.25) is 0 Å². The molecule has 100 valence electrons. The van der Waals surface area contributed by atoms with Crippen molar-refractivity contribution in [2.45, 2.75) is 51.0 Å². The van der Waals surface area contributed by atoms with Gasteiger partial charge in [-0.1, -0.05) is 6.92 Å². The fourth-order valence-electron chi connectivity index (χ4n) is 2.95. The van der Waals surface area contributed by atoms with Crippen molar-refractivity contribution >= 4 is 0 Å². The monoisotopic (exact) mass is 241 g/mol. The molecule has 0 aromatic carbocycles. The Morgan fingerprint density at radius 3 is 2.71 bits per heavy atom. The van der Waals surface area contributed by atoms with Crippen LogP contribution in [0.4, 0.5) is 0 Å². The van der Waals surface area contributed by atoms with E-state index in [4.69, 9.17) is 4.74 Å². The van der Waals surface area contributed by atoms with Crippen LogP contribution in [0.25, 0.3) is 0 Å². The number of hydrogen-bond donors (Lipinski definition) is 2. The van der Waals surface area contributed by atoms with Crippen molar-refractivity contribution in [2.75, 3.05) is 26.3 Å². The molecule has 1 unspecified atom stereocenters. The molecule has 0 bridgehead atoms. The van der Waals surface area contributed by atoms with E-state index in [9.17, 15) is 5.11 Å². The van der Waals surface area contributed by atoms with Gasteiger partial charge < -0.3 is 15.2 Å². The molecule has 0 radical (unpaired) electrons. The number of aliphatic hydroxyl groups is 1. The predicted molar refractivity (Wildman–Crippen MR) is 69.0 cm³/mol. The van der Waals surface area contributed by atoms with E-state index in [2.05, 4.69) is 12.2 Å². The highest BCUT2D eigenvalue weighted by atomic mass is 16.5. The lowest BCUT2D eigenvalue weighted by Gasteiger charge is -2.35. The first-order valence-electron chi connectivity index (χ1n) is 7.19. The number of ether oxygens (including phenoxy) is 1. The molecule has 1 atom stereocenters. The van der Waals surface area contributed by atoms with Gasteiger partial charge in [0, 0.05) is 19.7 Å². The quantitative estimate of drug-likeness (QED) is 0.790. The maximum absolute atomic E-state index is 10.4. The highest BCUT2D eigenvalue weighted by Crippen LogP contribution is 2.31. The van der Waals surface area contributed by atoms with Gasteiger partial charge in [0.05, 0.1) is 12.2 Å². The van der Waals surface area contributed by atoms with Crippen LogP contribution < -0.4 is 5.32 Å². The van der Waals surface area contributed by atoms with E-state index >= 15 is 0 Å². The molecular weight excluding hydrogens is 214 g/mol. The number of rotatable bonds is 4. The summed E-state index contributed by atoms with van der Waals surface area (Å²) >= 11 is 0. The summed E-state index contributed by atoms with van der Waals surface area (Å²) in [6, 6.07) is 0. The predicted octanol–water partition coefficient (Wildman–Crippen LogP) is 1.94. The Morgan fingerprint density at radius 1 is 1.29 bits per heavy atom. The van der Waals surface area contributed by atoms with Crippen LogP contribution in [0.3, 0.4) is 0 Å². The Balaban J connectivity index is 1.63. The lowest BCUT2D eigenvalue weighted by atomic mass is 9.79. The molecule has 1 saturated carbocycles. The maximum atomic E-state index is 10.4. The zero-order chi connectivity index (χ0) is 12.1. The van der Waals surface area contributed by atoms with Crippen molar-refractivity contribution in [3.63, 3.8) is 0 Å². The van der Waals surface area contributed by atoms with Crippen LogP contribution >= 0.6 is 0 Å². The molecule has 0 aromatic rings. The van der Waals surface area contributed by atoms with Gasteiger partial charge in [-0.15, -0.1) is 0 Å². The van der Waals surface area contributed by atoms with Crippen LogP contribution in [-0.2, 0) is 4.74 Å². The second-order valence-corrected chi connectivity index (χ2v) is 6.12. The lowest BCUT2D eigenvalue weighted by molar-refractivity contribution is -0.00916. The van der Waals surface area contributed by atoms with Crippen molar-refractivity contribution in [2.24, 2.45) is 11.8 Å². The summed E-state index contributed by atoms with van der Waals surface area (Å²) in [7, 11) is 0. The molecule has 2 N–H and O–H groups in total. The van der Waals surface area contributed by atoms with Crippen molar-refractivity contribution in [1.82, 2.24) is 5.32 Å². The van der Waals surface area contributed by atoms with Gasteiger partial charge in [-0.25, -0.2) is 0 Å². The average Bonchev–Trinajstić information content (AvgIpc) is 2.35. The molecule has 3 heteroatoms. The minimum absolute atomic E-state index is 0.442. The average molecular weight is 241 g/mol. The van der Waals surface area contributed by atoms with Gasteiger partial charge in [0.1, 0.15) is 0 Å². The lowest BCUT2D eigenvalue weighted by Crippen LogP contribution is -2.45. The third-order valence-electron chi connectivity index (χ3n) is 4.35. The Labute approximate surface area is 105 Å². The number of hydrogen-bond acceptors (Lipinski definition) is 3. The Bertz CT molecular complexity index is 218. The Kier molecular flexibility index (Phi) is 4.83. The van der Waals surface area contributed by atoms with E-state index in [0.717, 1.165) is 45.1 Å². The zero-order valence-electron chi connectivity index (χ0n) is 11.1. The molecule has 2 aliphatic rings. The van der Waals surface area contributed by atoms with Crippen LogP contribution in [0.2, 0.25) is 0 Å². The third-order valence-corrected chi connectivity index (χ3v) is 4.35. The summed E-state index contributed by atoms with van der Waals surface area (Å²) in [6.45, 7) is 5.86. The highest BCUT2D eigenvalue weighted by Gasteiger charge is 2.31. The fourth-order valence-corrected chi connectivity index (χ4v) is 2.95. The Morgan fingerprint density at radius 2 is 2.06 bits per heavy atom. The molecule has 1 aliphatic heterocycles. The molecule has 0 spiro atoms. The topological polar surface area (TPSA) is 41.5 Å². The Hall–Kier alpha value is -0.120. The van der Waals surface area contributed by atoms with E-state index in [1.165, 1.54) is 25.7 Å². The summed E-state index contributed by atoms with van der Waals surface area (Å²) in [5.41, 5.74) is -0.442. The van der Waals surface area contributed by atoms with Crippen LogP contribution in [0.1, 0.15) is 45.4 Å². The normalized spacial score (nSPS) is 39.2. The summed E-state index contributed by atoms with van der Waals surface area (Å²) in [4.78, 5) is 0. The first-order chi connectivity index (χ1) is 8.18. The van der Waals surface area contributed by atoms with E-state index in [1.807, 2.05) is 0 Å². The second kappa shape index (κ2) is 6.17. The second-order valence-electron chi connectivity index (χ2n) is 6.12. The SMILES string of the molecule is CC1CCC(O)(CNCC2CCCOC2)CC1. The molecule has 2 rings (SSSR count). The van der Waals surface area contributed by atoms with E-state index in [1.54, 1.807) is 0 Å². The molecular formula is C14H27NO2. The fraction of sp³-hybridized carbons (Fsp3) is 1.00. The molecule has 1 heterocycles. The van der Waals surface area contributed by atoms with Gasteiger partial charge in [0.15, 0.2) is 0 Å². The van der Waals surface area contributed by atoms with Gasteiger partial charge in [0.25, 0.3) is 0 Å². The van der Waals surface area contributed by atoms with Crippen LogP contribution in [0.5, 0.6) is 0 Å². The standard InChI is InChI=1S/C14H27NO2/c1-12-4-6-14(16,7-5-12)11-15-9-13-3-2-8-17-10-13/h12-13,15-16H,2-11H2,1H3.